The van der Waals surface area contributed by atoms with E-state index in [9.17, 15) is 5.11 Å². The average molecular weight is 295 g/mol. The largest absolute Gasteiger partial charge is 0.359 e. The first kappa shape index (κ1) is 14.8. The second-order valence-electron chi connectivity index (χ2n) is 6.24. The monoisotopic (exact) mass is 295 g/mol. The number of benzene rings is 2. The molecule has 2 aromatic carbocycles. The summed E-state index contributed by atoms with van der Waals surface area (Å²) in [6, 6.07) is 14.2. The van der Waals surface area contributed by atoms with Crippen molar-refractivity contribution in [3.05, 3.63) is 70.3 Å². The Kier molecular flexibility index (Phi) is 3.53. The molecule has 0 bridgehead atoms. The van der Waals surface area contributed by atoms with Crippen LogP contribution < -0.4 is 0 Å². The Hall–Kier alpha value is -2.13. The lowest BCUT2D eigenvalue weighted by Gasteiger charge is -2.25. The topological polar surface area (TPSA) is 41.8 Å². The van der Waals surface area contributed by atoms with Crippen molar-refractivity contribution in [3.63, 3.8) is 0 Å². The van der Waals surface area contributed by atoms with Crippen molar-refractivity contribution in [2.45, 2.75) is 39.4 Å². The SMILES string of the molecule is Cc1cc(C)c(C2=NO[C@@](C)(O)[C@@H]2c2ccccc2)c(C)c1. The van der Waals surface area contributed by atoms with Gasteiger partial charge in [0.2, 0.25) is 5.79 Å². The van der Waals surface area contributed by atoms with E-state index in [1.165, 1.54) is 5.56 Å². The standard InChI is InChI=1S/C19H21NO2/c1-12-10-13(2)16(14(3)11-12)18-17(19(4,21)22-20-18)15-8-6-5-7-9-15/h5-11,17,21H,1-4H3/t17-,19-/m1/s1. The van der Waals surface area contributed by atoms with Gasteiger partial charge in [-0.1, -0.05) is 53.2 Å². The molecule has 0 saturated carbocycles. The number of aliphatic hydroxyl groups is 1. The van der Waals surface area contributed by atoms with Crippen LogP contribution in [0.15, 0.2) is 47.6 Å². The molecule has 114 valence electrons. The molecule has 2 atom stereocenters. The van der Waals surface area contributed by atoms with Gasteiger partial charge in [0.1, 0.15) is 5.71 Å². The summed E-state index contributed by atoms with van der Waals surface area (Å²) >= 11 is 0. The van der Waals surface area contributed by atoms with Gasteiger partial charge in [-0.25, -0.2) is 0 Å². The first-order valence-corrected chi connectivity index (χ1v) is 7.52. The molecule has 1 aliphatic rings. The molecule has 0 radical (unpaired) electrons. The number of aryl methyl sites for hydroxylation is 3. The number of hydrogen-bond acceptors (Lipinski definition) is 3. The second-order valence-corrected chi connectivity index (χ2v) is 6.24. The third-order valence-corrected chi connectivity index (χ3v) is 4.20. The average Bonchev–Trinajstić information content (AvgIpc) is 2.74. The molecule has 2 aromatic rings. The summed E-state index contributed by atoms with van der Waals surface area (Å²) in [5.74, 6) is -1.63. The summed E-state index contributed by atoms with van der Waals surface area (Å²) < 4.78 is 0. The zero-order valence-electron chi connectivity index (χ0n) is 13.4. The molecule has 0 saturated heterocycles. The van der Waals surface area contributed by atoms with Crippen LogP contribution in [0.2, 0.25) is 0 Å². The van der Waals surface area contributed by atoms with Crippen molar-refractivity contribution in [2.24, 2.45) is 5.16 Å². The summed E-state index contributed by atoms with van der Waals surface area (Å²) in [6.45, 7) is 7.90. The lowest BCUT2D eigenvalue weighted by molar-refractivity contribution is -0.179. The van der Waals surface area contributed by atoms with E-state index < -0.39 is 5.79 Å². The second kappa shape index (κ2) is 5.25. The van der Waals surface area contributed by atoms with Gasteiger partial charge in [0.25, 0.3) is 0 Å². The molecular weight excluding hydrogens is 274 g/mol. The van der Waals surface area contributed by atoms with E-state index in [4.69, 9.17) is 4.84 Å². The van der Waals surface area contributed by atoms with Crippen LogP contribution in [0.4, 0.5) is 0 Å². The fraction of sp³-hybridized carbons (Fsp3) is 0.316. The van der Waals surface area contributed by atoms with Crippen molar-refractivity contribution in [2.75, 3.05) is 0 Å². The van der Waals surface area contributed by atoms with Crippen LogP contribution in [0, 0.1) is 20.8 Å². The molecular formula is C19H21NO2. The molecule has 0 fully saturated rings. The third kappa shape index (κ3) is 2.42. The van der Waals surface area contributed by atoms with Gasteiger partial charge in [-0.05, 0) is 37.5 Å². The van der Waals surface area contributed by atoms with Crippen molar-refractivity contribution in [3.8, 4) is 0 Å². The molecule has 0 spiro atoms. The molecule has 0 aromatic heterocycles. The maximum atomic E-state index is 10.6. The zero-order valence-corrected chi connectivity index (χ0v) is 13.4. The highest BCUT2D eigenvalue weighted by Gasteiger charge is 2.45. The molecule has 1 N–H and O–H groups in total. The van der Waals surface area contributed by atoms with Gasteiger partial charge < -0.3 is 9.94 Å². The highest BCUT2D eigenvalue weighted by molar-refractivity contribution is 6.08. The van der Waals surface area contributed by atoms with Gasteiger partial charge in [0, 0.05) is 12.5 Å². The minimum Gasteiger partial charge on any atom is -0.359 e. The van der Waals surface area contributed by atoms with Gasteiger partial charge in [-0.2, -0.15) is 0 Å². The van der Waals surface area contributed by atoms with Gasteiger partial charge in [-0.15, -0.1) is 0 Å². The van der Waals surface area contributed by atoms with E-state index in [1.807, 2.05) is 30.3 Å². The van der Waals surface area contributed by atoms with E-state index >= 15 is 0 Å². The summed E-state index contributed by atoms with van der Waals surface area (Å²) in [6.07, 6.45) is 0. The van der Waals surface area contributed by atoms with Gasteiger partial charge >= 0.3 is 0 Å². The molecule has 0 unspecified atom stereocenters. The quantitative estimate of drug-likeness (QED) is 0.914. The van der Waals surface area contributed by atoms with Crippen LogP contribution in [-0.2, 0) is 4.84 Å². The Balaban J connectivity index is 2.15. The van der Waals surface area contributed by atoms with Gasteiger partial charge in [0.15, 0.2) is 0 Å². The Bertz CT molecular complexity index is 709. The summed E-state index contributed by atoms with van der Waals surface area (Å²) in [7, 11) is 0. The number of oxime groups is 1. The predicted molar refractivity (Wildman–Crippen MR) is 88.1 cm³/mol. The molecule has 22 heavy (non-hydrogen) atoms. The molecule has 0 aliphatic carbocycles. The first-order valence-electron chi connectivity index (χ1n) is 7.52. The number of rotatable bonds is 2. The lowest BCUT2D eigenvalue weighted by atomic mass is 9.82. The summed E-state index contributed by atoms with van der Waals surface area (Å²) in [4.78, 5) is 5.36. The highest BCUT2D eigenvalue weighted by atomic mass is 16.7. The Morgan fingerprint density at radius 1 is 1.05 bits per heavy atom. The Labute approximate surface area is 131 Å². The van der Waals surface area contributed by atoms with Crippen molar-refractivity contribution in [1.82, 2.24) is 0 Å². The van der Waals surface area contributed by atoms with E-state index in [2.05, 4.69) is 38.1 Å². The molecule has 1 aliphatic heterocycles. The highest BCUT2D eigenvalue weighted by Crippen LogP contribution is 2.39. The summed E-state index contributed by atoms with van der Waals surface area (Å²) in [5, 5.41) is 14.9. The number of nitrogens with zero attached hydrogens (tertiary/aromatic N) is 1. The predicted octanol–water partition coefficient (Wildman–Crippen LogP) is 3.84. The smallest absolute Gasteiger partial charge is 0.244 e. The molecule has 0 amide bonds. The lowest BCUT2D eigenvalue weighted by Crippen LogP contribution is -2.34. The Morgan fingerprint density at radius 3 is 2.23 bits per heavy atom. The number of hydrogen-bond donors (Lipinski definition) is 1. The summed E-state index contributed by atoms with van der Waals surface area (Å²) in [5.41, 5.74) is 6.39. The van der Waals surface area contributed by atoms with Crippen LogP contribution in [0.1, 0.15) is 40.7 Å². The molecule has 3 heteroatoms. The van der Waals surface area contributed by atoms with E-state index in [0.717, 1.165) is 28.0 Å². The van der Waals surface area contributed by atoms with Gasteiger partial charge in [-0.3, -0.25) is 0 Å². The van der Waals surface area contributed by atoms with Crippen molar-refractivity contribution >= 4 is 5.71 Å². The molecule has 1 heterocycles. The Morgan fingerprint density at radius 2 is 1.64 bits per heavy atom. The minimum absolute atomic E-state index is 0.297. The first-order chi connectivity index (χ1) is 10.4. The fourth-order valence-electron chi connectivity index (χ4n) is 3.39. The van der Waals surface area contributed by atoms with Crippen molar-refractivity contribution in [1.29, 1.82) is 0 Å². The molecule has 3 nitrogen and oxygen atoms in total. The van der Waals surface area contributed by atoms with Crippen LogP contribution >= 0.6 is 0 Å². The van der Waals surface area contributed by atoms with Gasteiger partial charge in [0.05, 0.1) is 5.92 Å². The molecule has 3 rings (SSSR count). The minimum atomic E-state index is -1.33. The van der Waals surface area contributed by atoms with Crippen molar-refractivity contribution < 1.29 is 9.94 Å². The third-order valence-electron chi connectivity index (χ3n) is 4.20. The van der Waals surface area contributed by atoms with E-state index in [1.54, 1.807) is 6.92 Å². The maximum absolute atomic E-state index is 10.6. The van der Waals surface area contributed by atoms with Crippen LogP contribution in [0.3, 0.4) is 0 Å². The van der Waals surface area contributed by atoms with E-state index in [0.29, 0.717) is 0 Å². The maximum Gasteiger partial charge on any atom is 0.244 e. The van der Waals surface area contributed by atoms with Crippen LogP contribution in [0.5, 0.6) is 0 Å². The van der Waals surface area contributed by atoms with E-state index in [-0.39, 0.29) is 5.92 Å². The van der Waals surface area contributed by atoms with Crippen LogP contribution in [0.25, 0.3) is 0 Å². The normalized spacial score (nSPS) is 24.0. The fourth-order valence-corrected chi connectivity index (χ4v) is 3.39. The zero-order chi connectivity index (χ0) is 15.9. The van der Waals surface area contributed by atoms with Crippen LogP contribution in [-0.4, -0.2) is 16.6 Å².